The first-order valence-corrected chi connectivity index (χ1v) is 6.78. The fraction of sp³-hybridized carbons (Fsp3) is 0. The molecule has 104 valence electrons. The van der Waals surface area contributed by atoms with Crippen LogP contribution in [0.25, 0.3) is 10.8 Å². The number of amides is 1. The minimum absolute atomic E-state index is 0.456. The van der Waals surface area contributed by atoms with Gasteiger partial charge >= 0.3 is 0 Å². The molecular formula is C17H11ClNO2-. The Morgan fingerprint density at radius 3 is 2.29 bits per heavy atom. The SMILES string of the molecule is O=C([O-])N(c1cccc(Cl)c1)c1ccc2ccccc2c1. The van der Waals surface area contributed by atoms with E-state index < -0.39 is 6.09 Å². The van der Waals surface area contributed by atoms with E-state index in [1.54, 1.807) is 30.3 Å². The van der Waals surface area contributed by atoms with E-state index in [1.165, 1.54) is 0 Å². The van der Waals surface area contributed by atoms with Crippen molar-refractivity contribution >= 4 is 39.8 Å². The molecule has 3 aromatic rings. The number of rotatable bonds is 2. The summed E-state index contributed by atoms with van der Waals surface area (Å²) < 4.78 is 0. The van der Waals surface area contributed by atoms with Crippen LogP contribution in [-0.4, -0.2) is 6.09 Å². The fourth-order valence-corrected chi connectivity index (χ4v) is 2.48. The normalized spacial score (nSPS) is 10.5. The molecule has 0 heterocycles. The molecule has 1 amide bonds. The standard InChI is InChI=1S/C17H12ClNO2/c18-14-6-3-7-15(11-14)19(17(20)21)16-9-8-12-4-1-2-5-13(12)10-16/h1-11H,(H,20,21)/p-1. The van der Waals surface area contributed by atoms with Crippen LogP contribution in [0, 0.1) is 0 Å². The number of carbonyl (C=O) groups is 1. The van der Waals surface area contributed by atoms with Crippen LogP contribution in [0.4, 0.5) is 16.2 Å². The van der Waals surface area contributed by atoms with Gasteiger partial charge in [0.05, 0.1) is 0 Å². The first-order valence-electron chi connectivity index (χ1n) is 6.40. The summed E-state index contributed by atoms with van der Waals surface area (Å²) in [6.45, 7) is 0. The van der Waals surface area contributed by atoms with Crippen LogP contribution < -0.4 is 10.0 Å². The highest BCUT2D eigenvalue weighted by Gasteiger charge is 2.11. The van der Waals surface area contributed by atoms with Crippen molar-refractivity contribution in [2.24, 2.45) is 0 Å². The summed E-state index contributed by atoms with van der Waals surface area (Å²) in [5.74, 6) is 0. The van der Waals surface area contributed by atoms with Gasteiger partial charge in [0.15, 0.2) is 0 Å². The van der Waals surface area contributed by atoms with Gasteiger partial charge in [0.2, 0.25) is 0 Å². The van der Waals surface area contributed by atoms with Crippen molar-refractivity contribution in [2.45, 2.75) is 0 Å². The van der Waals surface area contributed by atoms with Gasteiger partial charge in [-0.25, -0.2) is 0 Å². The Morgan fingerprint density at radius 2 is 1.57 bits per heavy atom. The molecule has 0 aromatic heterocycles. The lowest BCUT2D eigenvalue weighted by Crippen LogP contribution is -2.37. The highest BCUT2D eigenvalue weighted by atomic mass is 35.5. The van der Waals surface area contributed by atoms with Crippen LogP contribution in [0.1, 0.15) is 0 Å². The molecule has 0 N–H and O–H groups in total. The Bertz CT molecular complexity index is 817. The summed E-state index contributed by atoms with van der Waals surface area (Å²) in [6.07, 6.45) is -1.30. The number of hydrogen-bond acceptors (Lipinski definition) is 2. The minimum atomic E-state index is -1.30. The third kappa shape index (κ3) is 2.69. The highest BCUT2D eigenvalue weighted by Crippen LogP contribution is 2.29. The van der Waals surface area contributed by atoms with Gasteiger partial charge < -0.3 is 9.90 Å². The molecule has 0 aliphatic rings. The second kappa shape index (κ2) is 5.46. The van der Waals surface area contributed by atoms with Crippen molar-refractivity contribution in [1.29, 1.82) is 0 Å². The lowest BCUT2D eigenvalue weighted by Gasteiger charge is -2.25. The van der Waals surface area contributed by atoms with E-state index >= 15 is 0 Å². The zero-order valence-electron chi connectivity index (χ0n) is 11.0. The number of halogens is 1. The van der Waals surface area contributed by atoms with Crippen molar-refractivity contribution in [2.75, 3.05) is 4.90 Å². The molecular weight excluding hydrogens is 286 g/mol. The molecule has 21 heavy (non-hydrogen) atoms. The topological polar surface area (TPSA) is 43.4 Å². The molecule has 0 unspecified atom stereocenters. The number of fused-ring (bicyclic) bond motifs is 1. The second-order valence-electron chi connectivity index (χ2n) is 4.61. The quantitative estimate of drug-likeness (QED) is 0.718. The average Bonchev–Trinajstić information content (AvgIpc) is 2.47. The predicted octanol–water partition coefficient (Wildman–Crippen LogP) is 3.97. The highest BCUT2D eigenvalue weighted by molar-refractivity contribution is 6.31. The van der Waals surface area contributed by atoms with Gasteiger partial charge in [-0.1, -0.05) is 48.0 Å². The molecule has 4 heteroatoms. The smallest absolute Gasteiger partial charge is 0.146 e. The molecule has 3 aromatic carbocycles. The maximum atomic E-state index is 11.5. The third-order valence-corrected chi connectivity index (χ3v) is 3.48. The van der Waals surface area contributed by atoms with E-state index in [0.717, 1.165) is 15.7 Å². The van der Waals surface area contributed by atoms with Crippen molar-refractivity contribution in [1.82, 2.24) is 0 Å². The fourth-order valence-electron chi connectivity index (χ4n) is 2.29. The lowest BCUT2D eigenvalue weighted by molar-refractivity contribution is -0.245. The molecule has 0 atom stereocenters. The number of hydrogen-bond donors (Lipinski definition) is 0. The molecule has 0 aliphatic heterocycles. The largest absolute Gasteiger partial charge is 0.529 e. The molecule has 0 spiro atoms. The van der Waals surface area contributed by atoms with Crippen molar-refractivity contribution < 1.29 is 9.90 Å². The number of benzene rings is 3. The summed E-state index contributed by atoms with van der Waals surface area (Å²) in [5.41, 5.74) is 0.980. The molecule has 0 saturated heterocycles. The van der Waals surface area contributed by atoms with E-state index in [0.29, 0.717) is 16.4 Å². The average molecular weight is 297 g/mol. The molecule has 0 bridgehead atoms. The van der Waals surface area contributed by atoms with Crippen LogP contribution >= 0.6 is 11.6 Å². The third-order valence-electron chi connectivity index (χ3n) is 3.24. The van der Waals surface area contributed by atoms with E-state index in [9.17, 15) is 9.90 Å². The number of nitrogens with zero attached hydrogens (tertiary/aromatic N) is 1. The first kappa shape index (κ1) is 13.5. The minimum Gasteiger partial charge on any atom is -0.529 e. The number of carbonyl (C=O) groups excluding carboxylic acids is 1. The Hall–Kier alpha value is -2.52. The maximum Gasteiger partial charge on any atom is 0.146 e. The second-order valence-corrected chi connectivity index (χ2v) is 5.05. The molecule has 0 aliphatic carbocycles. The van der Waals surface area contributed by atoms with Gasteiger partial charge in [-0.05, 0) is 41.1 Å². The van der Waals surface area contributed by atoms with Crippen molar-refractivity contribution in [3.05, 3.63) is 71.8 Å². The summed E-state index contributed by atoms with van der Waals surface area (Å²) in [5, 5.41) is 14.0. The molecule has 0 radical (unpaired) electrons. The van der Waals surface area contributed by atoms with E-state index in [-0.39, 0.29) is 0 Å². The molecule has 0 fully saturated rings. The Balaban J connectivity index is 2.13. The zero-order valence-corrected chi connectivity index (χ0v) is 11.7. The molecule has 3 rings (SSSR count). The maximum absolute atomic E-state index is 11.5. The van der Waals surface area contributed by atoms with E-state index in [1.807, 2.05) is 36.4 Å². The predicted molar refractivity (Wildman–Crippen MR) is 82.9 cm³/mol. The van der Waals surface area contributed by atoms with Crippen LogP contribution in [0.3, 0.4) is 0 Å². The van der Waals surface area contributed by atoms with Crippen LogP contribution in [0.15, 0.2) is 66.7 Å². The first-order chi connectivity index (χ1) is 10.1. The van der Waals surface area contributed by atoms with Crippen LogP contribution in [0.2, 0.25) is 5.02 Å². The van der Waals surface area contributed by atoms with Crippen molar-refractivity contribution in [3.63, 3.8) is 0 Å². The lowest BCUT2D eigenvalue weighted by atomic mass is 10.1. The number of carboxylic acid groups (broad SMARTS) is 1. The van der Waals surface area contributed by atoms with Gasteiger partial charge in [0.1, 0.15) is 6.09 Å². The van der Waals surface area contributed by atoms with Crippen molar-refractivity contribution in [3.8, 4) is 0 Å². The summed E-state index contributed by atoms with van der Waals surface area (Å²) in [4.78, 5) is 12.6. The van der Waals surface area contributed by atoms with Crippen LogP contribution in [-0.2, 0) is 0 Å². The van der Waals surface area contributed by atoms with Gasteiger partial charge in [0, 0.05) is 16.4 Å². The van der Waals surface area contributed by atoms with Gasteiger partial charge in [-0.2, -0.15) is 0 Å². The van der Waals surface area contributed by atoms with Gasteiger partial charge in [-0.15, -0.1) is 0 Å². The summed E-state index contributed by atoms with van der Waals surface area (Å²) >= 11 is 5.94. The van der Waals surface area contributed by atoms with E-state index in [2.05, 4.69) is 0 Å². The summed E-state index contributed by atoms with van der Waals surface area (Å²) in [7, 11) is 0. The van der Waals surface area contributed by atoms with Gasteiger partial charge in [0.25, 0.3) is 0 Å². The monoisotopic (exact) mass is 296 g/mol. The number of anilines is 2. The Morgan fingerprint density at radius 1 is 0.857 bits per heavy atom. The summed E-state index contributed by atoms with van der Waals surface area (Å²) in [6, 6.07) is 19.9. The van der Waals surface area contributed by atoms with Gasteiger partial charge in [-0.3, -0.25) is 4.90 Å². The zero-order chi connectivity index (χ0) is 14.8. The molecule has 0 saturated carbocycles. The Kier molecular flexibility index (Phi) is 3.50. The molecule has 3 nitrogen and oxygen atoms in total. The van der Waals surface area contributed by atoms with Crippen LogP contribution in [0.5, 0.6) is 0 Å². The Labute approximate surface area is 127 Å². The van der Waals surface area contributed by atoms with E-state index in [4.69, 9.17) is 11.6 Å².